The molecular weight excluding hydrogens is 218 g/mol. The van der Waals surface area contributed by atoms with Crippen LogP contribution in [-0.4, -0.2) is 25.4 Å². The summed E-state index contributed by atoms with van der Waals surface area (Å²) in [7, 11) is 1.37. The van der Waals surface area contributed by atoms with Crippen LogP contribution >= 0.6 is 0 Å². The average Bonchev–Trinajstić information content (AvgIpc) is 2.37. The highest BCUT2D eigenvalue weighted by molar-refractivity contribution is 5.82. The van der Waals surface area contributed by atoms with Gasteiger partial charge in [0.2, 0.25) is 0 Å². The second-order valence-corrected chi connectivity index (χ2v) is 3.76. The molecule has 0 amide bonds. The first kappa shape index (κ1) is 13.4. The first-order valence-corrected chi connectivity index (χ1v) is 5.52. The highest BCUT2D eigenvalue weighted by Gasteiger charge is 2.08. The number of ether oxygens (including phenoxy) is 1. The van der Waals surface area contributed by atoms with Gasteiger partial charge >= 0.3 is 5.97 Å². The minimum absolute atomic E-state index is 0.00415. The highest BCUT2D eigenvalue weighted by Crippen LogP contribution is 2.12. The Bertz CT molecular complexity index is 401. The Hall–Kier alpha value is -1.68. The van der Waals surface area contributed by atoms with Crippen molar-refractivity contribution in [3.05, 3.63) is 35.4 Å². The Morgan fingerprint density at radius 3 is 2.47 bits per heavy atom. The van der Waals surface area contributed by atoms with Crippen molar-refractivity contribution in [3.63, 3.8) is 0 Å². The monoisotopic (exact) mass is 235 g/mol. The van der Waals surface area contributed by atoms with Crippen LogP contribution in [0.15, 0.2) is 24.3 Å². The van der Waals surface area contributed by atoms with Gasteiger partial charge < -0.3 is 10.5 Å². The topological polar surface area (TPSA) is 69.4 Å². The maximum Gasteiger partial charge on any atom is 0.305 e. The summed E-state index contributed by atoms with van der Waals surface area (Å²) in [5.41, 5.74) is 7.23. The standard InChI is InChI=1S/C13H17NO3/c1-17-13(16)7-6-10-4-2-3-5-11(10)8-12(15)9-14/h2-5H,6-9,14H2,1H3. The van der Waals surface area contributed by atoms with Gasteiger partial charge in [0.1, 0.15) is 0 Å². The number of hydrogen-bond acceptors (Lipinski definition) is 4. The van der Waals surface area contributed by atoms with Crippen molar-refractivity contribution in [3.8, 4) is 0 Å². The highest BCUT2D eigenvalue weighted by atomic mass is 16.5. The van der Waals surface area contributed by atoms with Crippen molar-refractivity contribution >= 4 is 11.8 Å². The van der Waals surface area contributed by atoms with Crippen molar-refractivity contribution in [1.82, 2.24) is 0 Å². The van der Waals surface area contributed by atoms with E-state index in [1.807, 2.05) is 24.3 Å². The van der Waals surface area contributed by atoms with Crippen LogP contribution in [0.3, 0.4) is 0 Å². The van der Waals surface area contributed by atoms with E-state index in [2.05, 4.69) is 4.74 Å². The first-order chi connectivity index (χ1) is 8.17. The number of hydrogen-bond donors (Lipinski definition) is 1. The van der Waals surface area contributed by atoms with Crippen LogP contribution in [0.2, 0.25) is 0 Å². The Morgan fingerprint density at radius 2 is 1.88 bits per heavy atom. The van der Waals surface area contributed by atoms with E-state index in [9.17, 15) is 9.59 Å². The zero-order valence-corrected chi connectivity index (χ0v) is 9.94. The molecule has 0 saturated carbocycles. The molecule has 0 unspecified atom stereocenters. The van der Waals surface area contributed by atoms with Crippen LogP contribution in [-0.2, 0) is 27.2 Å². The molecule has 0 radical (unpaired) electrons. The van der Waals surface area contributed by atoms with Crippen LogP contribution in [0.4, 0.5) is 0 Å². The molecule has 0 aliphatic heterocycles. The fourth-order valence-corrected chi connectivity index (χ4v) is 1.60. The van der Waals surface area contributed by atoms with Gasteiger partial charge in [-0.1, -0.05) is 24.3 Å². The molecule has 17 heavy (non-hydrogen) atoms. The van der Waals surface area contributed by atoms with Crippen LogP contribution in [0, 0.1) is 0 Å². The van der Waals surface area contributed by atoms with Crippen LogP contribution in [0.1, 0.15) is 17.5 Å². The summed E-state index contributed by atoms with van der Waals surface area (Å²) in [6.07, 6.45) is 1.23. The zero-order chi connectivity index (χ0) is 12.7. The van der Waals surface area contributed by atoms with Crippen LogP contribution in [0.5, 0.6) is 0 Å². The summed E-state index contributed by atoms with van der Waals surface area (Å²) >= 11 is 0. The lowest BCUT2D eigenvalue weighted by Gasteiger charge is -2.07. The van der Waals surface area contributed by atoms with Gasteiger partial charge in [0.15, 0.2) is 5.78 Å². The first-order valence-electron chi connectivity index (χ1n) is 5.52. The molecule has 1 aromatic rings. The summed E-state index contributed by atoms with van der Waals surface area (Å²) in [6, 6.07) is 7.58. The SMILES string of the molecule is COC(=O)CCc1ccccc1CC(=O)CN. The smallest absolute Gasteiger partial charge is 0.305 e. The van der Waals surface area contributed by atoms with Gasteiger partial charge in [-0.25, -0.2) is 0 Å². The second kappa shape index (κ2) is 6.81. The molecule has 1 rings (SSSR count). The van der Waals surface area contributed by atoms with Gasteiger partial charge in [0, 0.05) is 12.8 Å². The lowest BCUT2D eigenvalue weighted by molar-refractivity contribution is -0.140. The molecule has 0 aliphatic carbocycles. The quantitative estimate of drug-likeness (QED) is 0.742. The molecule has 0 spiro atoms. The summed E-state index contributed by atoms with van der Waals surface area (Å²) in [5.74, 6) is -0.250. The fraction of sp³-hybridized carbons (Fsp3) is 0.385. The Morgan fingerprint density at radius 1 is 1.24 bits per heavy atom. The van der Waals surface area contributed by atoms with E-state index in [-0.39, 0.29) is 18.3 Å². The predicted octanol–water partition coefficient (Wildman–Crippen LogP) is 0.862. The third-order valence-electron chi connectivity index (χ3n) is 2.56. The number of rotatable bonds is 6. The van der Waals surface area contributed by atoms with E-state index in [1.54, 1.807) is 0 Å². The van der Waals surface area contributed by atoms with E-state index >= 15 is 0 Å². The van der Waals surface area contributed by atoms with Gasteiger partial charge in [-0.05, 0) is 17.5 Å². The molecule has 0 aromatic heterocycles. The number of methoxy groups -OCH3 is 1. The molecule has 0 fully saturated rings. The maximum atomic E-state index is 11.3. The molecular formula is C13H17NO3. The molecule has 0 aliphatic rings. The lowest BCUT2D eigenvalue weighted by atomic mass is 9.99. The molecule has 0 heterocycles. The zero-order valence-electron chi connectivity index (χ0n) is 9.94. The average molecular weight is 235 g/mol. The lowest BCUT2D eigenvalue weighted by Crippen LogP contribution is -2.16. The summed E-state index contributed by atoms with van der Waals surface area (Å²) in [6.45, 7) is 0.0470. The summed E-state index contributed by atoms with van der Waals surface area (Å²) < 4.78 is 4.59. The molecule has 92 valence electrons. The van der Waals surface area contributed by atoms with Crippen LogP contribution in [0.25, 0.3) is 0 Å². The predicted molar refractivity (Wildman–Crippen MR) is 64.5 cm³/mol. The molecule has 0 bridgehead atoms. The summed E-state index contributed by atoms with van der Waals surface area (Å²) in [4.78, 5) is 22.4. The van der Waals surface area contributed by atoms with Gasteiger partial charge in [0.05, 0.1) is 13.7 Å². The Kier molecular flexibility index (Phi) is 5.36. The third-order valence-corrected chi connectivity index (χ3v) is 2.56. The number of carbonyl (C=O) groups is 2. The molecule has 1 aromatic carbocycles. The number of aryl methyl sites for hydroxylation is 1. The number of Topliss-reactive ketones (excluding diaryl/α,β-unsaturated/α-hetero) is 1. The van der Waals surface area contributed by atoms with E-state index < -0.39 is 0 Å². The van der Waals surface area contributed by atoms with Crippen molar-refractivity contribution in [2.24, 2.45) is 5.73 Å². The molecule has 2 N–H and O–H groups in total. The van der Waals surface area contributed by atoms with Crippen molar-refractivity contribution < 1.29 is 14.3 Å². The number of benzene rings is 1. The van der Waals surface area contributed by atoms with E-state index in [0.717, 1.165) is 11.1 Å². The maximum absolute atomic E-state index is 11.3. The molecule has 4 heteroatoms. The van der Waals surface area contributed by atoms with Gasteiger partial charge in [-0.2, -0.15) is 0 Å². The number of ketones is 1. The third kappa shape index (κ3) is 4.36. The number of nitrogens with two attached hydrogens (primary N) is 1. The van der Waals surface area contributed by atoms with E-state index in [1.165, 1.54) is 7.11 Å². The summed E-state index contributed by atoms with van der Waals surface area (Å²) in [5, 5.41) is 0. The number of esters is 1. The van der Waals surface area contributed by atoms with E-state index in [4.69, 9.17) is 5.73 Å². The minimum Gasteiger partial charge on any atom is -0.469 e. The fourth-order valence-electron chi connectivity index (χ4n) is 1.60. The minimum atomic E-state index is -0.245. The van der Waals surface area contributed by atoms with Gasteiger partial charge in [0.25, 0.3) is 0 Å². The molecule has 4 nitrogen and oxygen atoms in total. The van der Waals surface area contributed by atoms with Crippen LogP contribution < -0.4 is 5.73 Å². The van der Waals surface area contributed by atoms with E-state index in [0.29, 0.717) is 19.3 Å². The Balaban J connectivity index is 2.70. The second-order valence-electron chi connectivity index (χ2n) is 3.76. The largest absolute Gasteiger partial charge is 0.469 e. The van der Waals surface area contributed by atoms with Gasteiger partial charge in [-0.3, -0.25) is 9.59 Å². The molecule has 0 saturated heterocycles. The Labute approximate surface area is 101 Å². The normalized spacial score (nSPS) is 10.0. The van der Waals surface area contributed by atoms with Crippen molar-refractivity contribution in [1.29, 1.82) is 0 Å². The van der Waals surface area contributed by atoms with Crippen molar-refractivity contribution in [2.45, 2.75) is 19.3 Å². The number of carbonyl (C=O) groups excluding carboxylic acids is 2. The van der Waals surface area contributed by atoms with Gasteiger partial charge in [-0.15, -0.1) is 0 Å². The molecule has 0 atom stereocenters. The van der Waals surface area contributed by atoms with Crippen molar-refractivity contribution in [2.75, 3.05) is 13.7 Å².